The molecule has 0 fully saturated rings. The van der Waals surface area contributed by atoms with Crippen molar-refractivity contribution >= 4 is 21.9 Å². The van der Waals surface area contributed by atoms with Gasteiger partial charge in [0.25, 0.3) is 0 Å². The van der Waals surface area contributed by atoms with Crippen molar-refractivity contribution < 1.29 is 4.42 Å². The summed E-state index contributed by atoms with van der Waals surface area (Å²) in [5, 5.41) is 2.21. The third-order valence-corrected chi connectivity index (χ3v) is 13.9. The molecule has 3 nitrogen and oxygen atoms in total. The van der Waals surface area contributed by atoms with Crippen LogP contribution in [0.5, 0.6) is 0 Å². The molecular formula is C57H38N2O. The molecule has 3 heteroatoms. The third kappa shape index (κ3) is 4.49. The lowest BCUT2D eigenvalue weighted by molar-refractivity contribution is 0.659. The minimum Gasteiger partial charge on any atom is -0.456 e. The van der Waals surface area contributed by atoms with Crippen LogP contribution < -0.4 is 0 Å². The maximum atomic E-state index is 6.36. The Morgan fingerprint density at radius 1 is 0.367 bits per heavy atom. The molecule has 3 aliphatic rings. The van der Waals surface area contributed by atoms with Crippen LogP contribution in [0.4, 0.5) is 0 Å². The van der Waals surface area contributed by atoms with E-state index in [1.54, 1.807) is 0 Å². The lowest BCUT2D eigenvalue weighted by Gasteiger charge is -2.32. The molecule has 2 aromatic heterocycles. The Morgan fingerprint density at radius 2 is 1.00 bits per heavy atom. The molecule has 0 saturated carbocycles. The van der Waals surface area contributed by atoms with Gasteiger partial charge in [0, 0.05) is 38.3 Å². The van der Waals surface area contributed by atoms with E-state index in [0.29, 0.717) is 5.82 Å². The normalized spacial score (nSPS) is 16.1. The number of rotatable bonds is 3. The predicted molar refractivity (Wildman–Crippen MR) is 245 cm³/mol. The number of hydrogen-bond donors (Lipinski definition) is 0. The molecule has 2 heterocycles. The average Bonchev–Trinajstić information content (AvgIpc) is 3.88. The quantitative estimate of drug-likeness (QED) is 0.180. The molecule has 0 N–H and O–H groups in total. The second kappa shape index (κ2) is 11.9. The Morgan fingerprint density at radius 3 is 1.87 bits per heavy atom. The summed E-state index contributed by atoms with van der Waals surface area (Å²) in [7, 11) is 0. The number of para-hydroxylation sites is 1. The predicted octanol–water partition coefficient (Wildman–Crippen LogP) is 14.7. The first-order chi connectivity index (χ1) is 29.3. The summed E-state index contributed by atoms with van der Waals surface area (Å²) < 4.78 is 6.36. The first-order valence-electron chi connectivity index (χ1n) is 20.9. The van der Waals surface area contributed by atoms with Crippen molar-refractivity contribution in [3.63, 3.8) is 0 Å². The van der Waals surface area contributed by atoms with Gasteiger partial charge in [-0.3, -0.25) is 0 Å². The van der Waals surface area contributed by atoms with Crippen LogP contribution in [0.15, 0.2) is 180 Å². The standard InChI is InChI=1S/C57H38N2O/c1-56(2)46-21-12-19-39-35-16-11-15-34(27-35)38-25-23-36(28-48(38)57(3)45-20-9-7-17-40(45)43-30-47(56)44(54(39)46)31-49(43)57)50-32-51(59-55(58-50)33-13-5-4-6-14-33)37-24-26-42-41-18-8-10-22-52(41)60-53(42)29-37/h4-32H,1-3H3. The Hall–Kier alpha value is -7.36. The van der Waals surface area contributed by atoms with Gasteiger partial charge >= 0.3 is 0 Å². The lowest BCUT2D eigenvalue weighted by atomic mass is 9.70. The van der Waals surface area contributed by atoms with Gasteiger partial charge in [0.15, 0.2) is 5.82 Å². The van der Waals surface area contributed by atoms with Crippen molar-refractivity contribution in [1.29, 1.82) is 0 Å². The Labute approximate surface area is 348 Å². The lowest BCUT2D eigenvalue weighted by Crippen LogP contribution is -2.24. The zero-order valence-corrected chi connectivity index (χ0v) is 33.5. The van der Waals surface area contributed by atoms with Gasteiger partial charge in [-0.2, -0.15) is 0 Å². The van der Waals surface area contributed by atoms with E-state index in [2.05, 4.69) is 166 Å². The van der Waals surface area contributed by atoms with Gasteiger partial charge in [0.05, 0.1) is 11.4 Å². The van der Waals surface area contributed by atoms with E-state index in [-0.39, 0.29) is 5.41 Å². The van der Waals surface area contributed by atoms with Crippen LogP contribution in [0.1, 0.15) is 48.6 Å². The zero-order valence-electron chi connectivity index (χ0n) is 33.5. The highest BCUT2D eigenvalue weighted by Crippen LogP contribution is 2.60. The maximum Gasteiger partial charge on any atom is 0.160 e. The molecule has 282 valence electrons. The number of furan rings is 1. The summed E-state index contributed by atoms with van der Waals surface area (Å²) in [6.07, 6.45) is 0. The molecule has 1 unspecified atom stereocenters. The van der Waals surface area contributed by atoms with Gasteiger partial charge in [0.1, 0.15) is 11.2 Å². The van der Waals surface area contributed by atoms with Crippen LogP contribution in [0.3, 0.4) is 0 Å². The van der Waals surface area contributed by atoms with Crippen LogP contribution in [0.25, 0.3) is 100 Å². The van der Waals surface area contributed by atoms with Crippen LogP contribution in [-0.2, 0) is 10.8 Å². The van der Waals surface area contributed by atoms with E-state index < -0.39 is 5.41 Å². The fourth-order valence-corrected chi connectivity index (χ4v) is 10.9. The van der Waals surface area contributed by atoms with Gasteiger partial charge in [-0.05, 0) is 128 Å². The summed E-state index contributed by atoms with van der Waals surface area (Å²) in [5.74, 6) is 0.687. The molecule has 10 aromatic rings. The van der Waals surface area contributed by atoms with Gasteiger partial charge < -0.3 is 4.42 Å². The van der Waals surface area contributed by atoms with Gasteiger partial charge in [-0.15, -0.1) is 0 Å². The summed E-state index contributed by atoms with van der Waals surface area (Å²) in [4.78, 5) is 10.6. The van der Waals surface area contributed by atoms with Crippen LogP contribution >= 0.6 is 0 Å². The van der Waals surface area contributed by atoms with E-state index in [4.69, 9.17) is 14.4 Å². The summed E-state index contributed by atoms with van der Waals surface area (Å²) in [6.45, 7) is 7.24. The summed E-state index contributed by atoms with van der Waals surface area (Å²) >= 11 is 0. The topological polar surface area (TPSA) is 38.9 Å². The number of hydrogen-bond acceptors (Lipinski definition) is 3. The van der Waals surface area contributed by atoms with Gasteiger partial charge in [-0.25, -0.2) is 9.97 Å². The SMILES string of the molecule is CC1(C)c2cc3c4cc2-c2c(cccc21)-c1cccc(c1)-c1ccc(-c2cc(-c5ccc6c(c5)oc5ccccc56)nc(-c5ccccc5)n2)cc1C4(C)c1ccccc1-3. The number of nitrogens with zero attached hydrogens (tertiary/aromatic N) is 2. The highest BCUT2D eigenvalue weighted by molar-refractivity contribution is 6.06. The molecule has 8 aromatic carbocycles. The van der Waals surface area contributed by atoms with E-state index >= 15 is 0 Å². The van der Waals surface area contributed by atoms with Crippen molar-refractivity contribution in [3.05, 3.63) is 204 Å². The van der Waals surface area contributed by atoms with E-state index in [9.17, 15) is 0 Å². The van der Waals surface area contributed by atoms with Crippen molar-refractivity contribution in [2.24, 2.45) is 0 Å². The minimum atomic E-state index is -0.459. The molecule has 0 spiro atoms. The van der Waals surface area contributed by atoms with Crippen molar-refractivity contribution in [1.82, 2.24) is 9.97 Å². The summed E-state index contributed by atoms with van der Waals surface area (Å²) in [5.41, 5.74) is 22.9. The number of benzene rings is 8. The molecular weight excluding hydrogens is 729 g/mol. The monoisotopic (exact) mass is 766 g/mol. The van der Waals surface area contributed by atoms with E-state index in [1.165, 1.54) is 72.3 Å². The fraction of sp³-hybridized carbons (Fsp3) is 0.0877. The fourth-order valence-electron chi connectivity index (χ4n) is 10.9. The molecule has 0 saturated heterocycles. The van der Waals surface area contributed by atoms with Gasteiger partial charge in [-0.1, -0.05) is 141 Å². The Kier molecular flexibility index (Phi) is 6.64. The summed E-state index contributed by atoms with van der Waals surface area (Å²) in [6, 6.07) is 64.4. The highest BCUT2D eigenvalue weighted by atomic mass is 16.3. The van der Waals surface area contributed by atoms with Gasteiger partial charge in [0.2, 0.25) is 0 Å². The van der Waals surface area contributed by atoms with Crippen molar-refractivity contribution in [2.75, 3.05) is 0 Å². The molecule has 0 aliphatic heterocycles. The molecule has 0 amide bonds. The van der Waals surface area contributed by atoms with E-state index in [0.717, 1.165) is 50.0 Å². The second-order valence-electron chi connectivity index (χ2n) is 17.4. The Bertz CT molecular complexity index is 3480. The first kappa shape index (κ1) is 33.6. The molecule has 4 bridgehead atoms. The Balaban J connectivity index is 1.08. The number of aromatic nitrogens is 2. The van der Waals surface area contributed by atoms with Crippen LogP contribution in [0.2, 0.25) is 0 Å². The van der Waals surface area contributed by atoms with Crippen molar-refractivity contribution in [2.45, 2.75) is 31.6 Å². The minimum absolute atomic E-state index is 0.132. The second-order valence-corrected chi connectivity index (χ2v) is 17.4. The third-order valence-electron chi connectivity index (χ3n) is 13.9. The molecule has 3 aliphatic carbocycles. The molecule has 0 radical (unpaired) electrons. The number of fused-ring (bicyclic) bond motifs is 12. The maximum absolute atomic E-state index is 6.36. The van der Waals surface area contributed by atoms with Crippen LogP contribution in [-0.4, -0.2) is 9.97 Å². The smallest absolute Gasteiger partial charge is 0.160 e. The molecule has 13 rings (SSSR count). The molecule has 60 heavy (non-hydrogen) atoms. The largest absolute Gasteiger partial charge is 0.456 e. The van der Waals surface area contributed by atoms with Crippen LogP contribution in [0, 0.1) is 0 Å². The highest BCUT2D eigenvalue weighted by Gasteiger charge is 2.46. The molecule has 1 atom stereocenters. The van der Waals surface area contributed by atoms with E-state index in [1.807, 2.05) is 30.3 Å². The average molecular weight is 767 g/mol. The first-order valence-corrected chi connectivity index (χ1v) is 20.9. The van der Waals surface area contributed by atoms with Crippen molar-refractivity contribution in [3.8, 4) is 78.4 Å². The zero-order chi connectivity index (χ0) is 39.9.